The van der Waals surface area contributed by atoms with E-state index in [1.54, 1.807) is 0 Å². The summed E-state index contributed by atoms with van der Waals surface area (Å²) >= 11 is 0. The predicted octanol–water partition coefficient (Wildman–Crippen LogP) is 1.57. The molecule has 0 bridgehead atoms. The summed E-state index contributed by atoms with van der Waals surface area (Å²) in [6.07, 6.45) is 1.89. The lowest BCUT2D eigenvalue weighted by molar-refractivity contribution is 1.11. The average Bonchev–Trinajstić information content (AvgIpc) is 2.83. The van der Waals surface area contributed by atoms with Crippen molar-refractivity contribution >= 4 is 12.1 Å². The molecule has 2 aliphatic heterocycles. The van der Waals surface area contributed by atoms with Crippen LogP contribution in [0, 0.1) is 0 Å². The van der Waals surface area contributed by atoms with E-state index in [1.807, 2.05) is 18.3 Å². The van der Waals surface area contributed by atoms with Crippen LogP contribution in [0.1, 0.15) is 17.2 Å². The molecule has 52 valence electrons. The number of nitrogens with zero attached hydrogens (tertiary/aromatic N) is 2. The molecule has 2 heteroatoms. The summed E-state index contributed by atoms with van der Waals surface area (Å²) in [7, 11) is 0. The quantitative estimate of drug-likeness (QED) is 0.525. The van der Waals surface area contributed by atoms with Crippen LogP contribution in [0.2, 0.25) is 0 Å². The van der Waals surface area contributed by atoms with Gasteiger partial charge in [0.1, 0.15) is 6.04 Å². The minimum Gasteiger partial charge on any atom is -0.252 e. The first-order valence-corrected chi connectivity index (χ1v) is 3.66. The fourth-order valence-corrected chi connectivity index (χ4v) is 1.42. The number of aliphatic imine (C=N–C) groups is 2. The second kappa shape index (κ2) is 1.59. The minimum absolute atomic E-state index is 0.302. The molecule has 0 aromatic heterocycles. The fraction of sp³-hybridized carbons (Fsp3) is 0.111. The van der Waals surface area contributed by atoms with Gasteiger partial charge < -0.3 is 0 Å². The van der Waals surface area contributed by atoms with E-state index in [4.69, 9.17) is 0 Å². The van der Waals surface area contributed by atoms with Crippen LogP contribution in [0.3, 0.4) is 0 Å². The van der Waals surface area contributed by atoms with Crippen LogP contribution in [0.15, 0.2) is 34.3 Å². The van der Waals surface area contributed by atoms with E-state index in [-0.39, 0.29) is 0 Å². The molecule has 0 saturated carbocycles. The van der Waals surface area contributed by atoms with E-state index in [0.717, 1.165) is 5.84 Å². The van der Waals surface area contributed by atoms with Crippen molar-refractivity contribution in [1.82, 2.24) is 0 Å². The molecule has 2 nitrogen and oxygen atoms in total. The van der Waals surface area contributed by atoms with E-state index in [2.05, 4.69) is 22.1 Å². The van der Waals surface area contributed by atoms with Crippen molar-refractivity contribution in [3.8, 4) is 0 Å². The molecule has 1 aromatic carbocycles. The first-order chi connectivity index (χ1) is 5.45. The molecule has 2 aliphatic rings. The van der Waals surface area contributed by atoms with Gasteiger partial charge in [-0.3, -0.25) is 4.99 Å². The van der Waals surface area contributed by atoms with Gasteiger partial charge >= 0.3 is 0 Å². The number of hydrogen-bond donors (Lipinski definition) is 0. The van der Waals surface area contributed by atoms with Gasteiger partial charge in [-0.1, -0.05) is 24.3 Å². The number of amidine groups is 1. The van der Waals surface area contributed by atoms with E-state index in [0.29, 0.717) is 6.04 Å². The van der Waals surface area contributed by atoms with Crippen molar-refractivity contribution in [2.24, 2.45) is 9.98 Å². The SMILES string of the molecule is C1=NC2=N[C@H]2c2ccccc21. The van der Waals surface area contributed by atoms with Crippen LogP contribution in [0.4, 0.5) is 0 Å². The van der Waals surface area contributed by atoms with E-state index < -0.39 is 0 Å². The maximum Gasteiger partial charge on any atom is 0.153 e. The molecule has 0 spiro atoms. The maximum absolute atomic E-state index is 4.21. The molecule has 0 fully saturated rings. The van der Waals surface area contributed by atoms with Crippen LogP contribution >= 0.6 is 0 Å². The number of hydrogen-bond acceptors (Lipinski definition) is 2. The lowest BCUT2D eigenvalue weighted by atomic mass is 10.0. The zero-order chi connectivity index (χ0) is 7.26. The van der Waals surface area contributed by atoms with Crippen molar-refractivity contribution in [2.75, 3.05) is 0 Å². The summed E-state index contributed by atoms with van der Waals surface area (Å²) in [6, 6.07) is 8.56. The third-order valence-electron chi connectivity index (χ3n) is 2.06. The molecule has 0 amide bonds. The summed E-state index contributed by atoms with van der Waals surface area (Å²) in [6.45, 7) is 0. The molecule has 2 heterocycles. The molecule has 0 saturated heterocycles. The molecular formula is C9H6N2. The lowest BCUT2D eigenvalue weighted by Gasteiger charge is -2.04. The monoisotopic (exact) mass is 142 g/mol. The van der Waals surface area contributed by atoms with Gasteiger partial charge in [0.2, 0.25) is 0 Å². The van der Waals surface area contributed by atoms with Crippen molar-refractivity contribution in [3.63, 3.8) is 0 Å². The predicted molar refractivity (Wildman–Crippen MR) is 44.2 cm³/mol. The number of rotatable bonds is 0. The van der Waals surface area contributed by atoms with Gasteiger partial charge in [0.05, 0.1) is 0 Å². The number of benzene rings is 1. The van der Waals surface area contributed by atoms with Gasteiger partial charge in [0.25, 0.3) is 0 Å². The van der Waals surface area contributed by atoms with Crippen molar-refractivity contribution in [3.05, 3.63) is 35.4 Å². The lowest BCUT2D eigenvalue weighted by Crippen LogP contribution is -2.00. The Balaban J connectivity index is 2.26. The molecule has 1 aromatic rings. The highest BCUT2D eigenvalue weighted by Gasteiger charge is 2.32. The van der Waals surface area contributed by atoms with Crippen LogP contribution in [0.5, 0.6) is 0 Å². The zero-order valence-corrected chi connectivity index (χ0v) is 5.86. The molecule has 1 atom stereocenters. The first-order valence-electron chi connectivity index (χ1n) is 3.66. The Morgan fingerprint density at radius 1 is 1.18 bits per heavy atom. The summed E-state index contributed by atoms with van der Waals surface area (Å²) in [4.78, 5) is 8.38. The topological polar surface area (TPSA) is 24.7 Å². The third-order valence-corrected chi connectivity index (χ3v) is 2.06. The maximum atomic E-state index is 4.21. The second-order valence-electron chi connectivity index (χ2n) is 2.78. The van der Waals surface area contributed by atoms with E-state index in [1.165, 1.54) is 11.1 Å². The summed E-state index contributed by atoms with van der Waals surface area (Å²) < 4.78 is 0. The average molecular weight is 142 g/mol. The van der Waals surface area contributed by atoms with Gasteiger partial charge in [-0.05, 0) is 11.1 Å². The third kappa shape index (κ3) is 0.611. The summed E-state index contributed by atoms with van der Waals surface area (Å²) in [5, 5.41) is 0. The van der Waals surface area contributed by atoms with Gasteiger partial charge in [0, 0.05) is 6.21 Å². The van der Waals surface area contributed by atoms with Crippen LogP contribution in [-0.4, -0.2) is 12.1 Å². The molecule has 0 aliphatic carbocycles. The summed E-state index contributed by atoms with van der Waals surface area (Å²) in [5.41, 5.74) is 2.51. The van der Waals surface area contributed by atoms with E-state index in [9.17, 15) is 0 Å². The van der Waals surface area contributed by atoms with Gasteiger partial charge in [-0.25, -0.2) is 4.99 Å². The largest absolute Gasteiger partial charge is 0.252 e. The highest BCUT2D eigenvalue weighted by molar-refractivity contribution is 6.10. The first kappa shape index (κ1) is 5.24. The van der Waals surface area contributed by atoms with Crippen LogP contribution in [-0.2, 0) is 0 Å². The highest BCUT2D eigenvalue weighted by Crippen LogP contribution is 2.35. The standard InChI is InChI=1S/C9H6N2/c1-2-4-7-6(3-1)5-10-9-8(7)11-9/h1-5,8H/t8-/m0/s1. The zero-order valence-electron chi connectivity index (χ0n) is 5.86. The highest BCUT2D eigenvalue weighted by atomic mass is 15.1. The Kier molecular flexibility index (Phi) is 0.756. The van der Waals surface area contributed by atoms with E-state index >= 15 is 0 Å². The Morgan fingerprint density at radius 2 is 2.09 bits per heavy atom. The molecular weight excluding hydrogens is 136 g/mol. The Hall–Kier alpha value is -1.44. The molecule has 0 unspecified atom stereocenters. The number of fused-ring (bicyclic) bond motifs is 3. The normalized spacial score (nSPS) is 23.6. The van der Waals surface area contributed by atoms with Gasteiger partial charge in [-0.2, -0.15) is 0 Å². The smallest absolute Gasteiger partial charge is 0.153 e. The molecule has 0 radical (unpaired) electrons. The Labute approximate surface area is 64.3 Å². The minimum atomic E-state index is 0.302. The molecule has 11 heavy (non-hydrogen) atoms. The van der Waals surface area contributed by atoms with Crippen LogP contribution in [0.25, 0.3) is 0 Å². The fourth-order valence-electron chi connectivity index (χ4n) is 1.42. The molecule has 0 N–H and O–H groups in total. The summed E-state index contributed by atoms with van der Waals surface area (Å²) in [5.74, 6) is 0.990. The Bertz CT molecular complexity index is 377. The van der Waals surface area contributed by atoms with Gasteiger partial charge in [0.15, 0.2) is 5.84 Å². The van der Waals surface area contributed by atoms with Gasteiger partial charge in [-0.15, -0.1) is 0 Å². The Morgan fingerprint density at radius 3 is 3.09 bits per heavy atom. The van der Waals surface area contributed by atoms with Crippen molar-refractivity contribution in [1.29, 1.82) is 0 Å². The van der Waals surface area contributed by atoms with Crippen molar-refractivity contribution in [2.45, 2.75) is 6.04 Å². The molecule has 3 rings (SSSR count). The second-order valence-corrected chi connectivity index (χ2v) is 2.78. The van der Waals surface area contributed by atoms with Crippen LogP contribution < -0.4 is 0 Å². The van der Waals surface area contributed by atoms with Crippen molar-refractivity contribution < 1.29 is 0 Å².